The molecule has 0 aliphatic carbocycles. The fourth-order valence-corrected chi connectivity index (χ4v) is 6.57. The number of carbonyl (C=O) groups excluding carboxylic acids is 2. The Morgan fingerprint density at radius 1 is 1.08 bits per heavy atom. The van der Waals surface area contributed by atoms with Crippen LogP contribution < -0.4 is 19.5 Å². The van der Waals surface area contributed by atoms with Gasteiger partial charge in [-0.2, -0.15) is 0 Å². The fourth-order valence-electron chi connectivity index (χ4n) is 5.52. The number of nitrogens with one attached hydrogen (secondary N) is 2. The van der Waals surface area contributed by atoms with Gasteiger partial charge >= 0.3 is 6.03 Å². The van der Waals surface area contributed by atoms with Crippen LogP contribution in [-0.4, -0.2) is 94.0 Å². The number of amides is 3. The number of halogens is 1. The van der Waals surface area contributed by atoms with E-state index < -0.39 is 39.9 Å². The number of carbonyl (C=O) groups is 2. The van der Waals surface area contributed by atoms with Crippen molar-refractivity contribution in [3.8, 4) is 11.5 Å². The maximum atomic E-state index is 14.4. The molecular weight excluding hydrogens is 667 g/mol. The third-order valence-electron chi connectivity index (χ3n) is 8.57. The van der Waals surface area contributed by atoms with Crippen molar-refractivity contribution in [3.63, 3.8) is 0 Å². The molecule has 14 heteroatoms. The molecule has 0 unspecified atom stereocenters. The molecule has 0 spiro atoms. The quantitative estimate of drug-likeness (QED) is 0.260. The highest BCUT2D eigenvalue weighted by Crippen LogP contribution is 2.30. The summed E-state index contributed by atoms with van der Waals surface area (Å²) >= 11 is 0. The highest BCUT2D eigenvalue weighted by molar-refractivity contribution is 7.92. The Kier molecular flexibility index (Phi) is 13.4. The predicted molar refractivity (Wildman–Crippen MR) is 189 cm³/mol. The number of anilines is 2. The minimum Gasteiger partial charge on any atom is -0.497 e. The summed E-state index contributed by atoms with van der Waals surface area (Å²) in [5, 5.41) is 13.0. The Hall–Kier alpha value is -4.40. The van der Waals surface area contributed by atoms with Gasteiger partial charge in [0.2, 0.25) is 0 Å². The predicted octanol–water partition coefficient (Wildman–Crippen LogP) is 5.59. The van der Waals surface area contributed by atoms with Crippen LogP contribution in [0, 0.1) is 11.7 Å². The second-order valence-corrected chi connectivity index (χ2v) is 14.3. The van der Waals surface area contributed by atoms with Crippen molar-refractivity contribution < 1.29 is 41.7 Å². The van der Waals surface area contributed by atoms with Gasteiger partial charge in [-0.1, -0.05) is 6.92 Å². The molecule has 0 fully saturated rings. The molecule has 3 N–H and O–H groups in total. The molecule has 272 valence electrons. The number of hydrogen-bond donors (Lipinski definition) is 3. The minimum atomic E-state index is -4.01. The van der Waals surface area contributed by atoms with E-state index in [1.165, 1.54) is 59.4 Å². The zero-order valence-electron chi connectivity index (χ0n) is 29.1. The number of aliphatic hydroxyl groups is 1. The summed E-state index contributed by atoms with van der Waals surface area (Å²) in [6.45, 7) is 5.95. The van der Waals surface area contributed by atoms with Gasteiger partial charge in [0.05, 0.1) is 42.4 Å². The van der Waals surface area contributed by atoms with Crippen LogP contribution in [0.3, 0.4) is 0 Å². The van der Waals surface area contributed by atoms with Crippen molar-refractivity contribution in [2.75, 3.05) is 50.5 Å². The number of benzene rings is 3. The summed E-state index contributed by atoms with van der Waals surface area (Å²) in [6, 6.07) is 14.9. The number of ether oxygens (including phenoxy) is 3. The number of sulfonamides is 1. The molecule has 12 nitrogen and oxygen atoms in total. The lowest BCUT2D eigenvalue weighted by atomic mass is 10.0. The largest absolute Gasteiger partial charge is 0.497 e. The van der Waals surface area contributed by atoms with Crippen LogP contribution in [0.4, 0.5) is 20.6 Å². The summed E-state index contributed by atoms with van der Waals surface area (Å²) in [7, 11) is -0.900. The first kappa shape index (κ1) is 38.4. The zero-order chi connectivity index (χ0) is 36.4. The van der Waals surface area contributed by atoms with Crippen molar-refractivity contribution in [3.05, 3.63) is 78.1 Å². The first-order valence-electron chi connectivity index (χ1n) is 16.6. The standard InChI is InChI=1S/C36H47FN4O8S/c1-24-21-41(25(2)23-42)35(43)32-20-29(39-50(45,46)31-16-14-30(47-5)15-17-31)13-18-33(32)49-26(3)8-6-7-19-48-34(24)22-40(4)36(44)38-28-11-9-27(37)10-12-28/h9-18,20,24-26,34,39,42H,6-8,19,21-23H2,1-5H3,(H,38,44)/t24-,25+,26+,34+/m0/s1. The van der Waals surface area contributed by atoms with Crippen molar-refractivity contribution in [1.29, 1.82) is 0 Å². The highest BCUT2D eigenvalue weighted by atomic mass is 32.2. The van der Waals surface area contributed by atoms with Gasteiger partial charge in [0.1, 0.15) is 17.3 Å². The van der Waals surface area contributed by atoms with Crippen LogP contribution in [0.2, 0.25) is 0 Å². The fraction of sp³-hybridized carbons (Fsp3) is 0.444. The van der Waals surface area contributed by atoms with Gasteiger partial charge in [0.25, 0.3) is 15.9 Å². The van der Waals surface area contributed by atoms with Crippen molar-refractivity contribution in [2.45, 2.75) is 63.2 Å². The first-order valence-corrected chi connectivity index (χ1v) is 18.1. The second kappa shape index (κ2) is 17.5. The molecule has 1 aliphatic rings. The van der Waals surface area contributed by atoms with E-state index >= 15 is 0 Å². The molecule has 0 saturated heterocycles. The molecule has 0 radical (unpaired) electrons. The molecule has 4 rings (SSSR count). The smallest absolute Gasteiger partial charge is 0.321 e. The van der Waals surface area contributed by atoms with Gasteiger partial charge in [0.15, 0.2) is 0 Å². The van der Waals surface area contributed by atoms with E-state index in [0.717, 1.165) is 12.8 Å². The van der Waals surface area contributed by atoms with Crippen molar-refractivity contribution >= 4 is 33.3 Å². The van der Waals surface area contributed by atoms with Crippen LogP contribution in [0.1, 0.15) is 50.4 Å². The van der Waals surface area contributed by atoms with Crippen molar-refractivity contribution in [1.82, 2.24) is 9.80 Å². The lowest BCUT2D eigenvalue weighted by Crippen LogP contribution is -2.48. The van der Waals surface area contributed by atoms with Crippen molar-refractivity contribution in [2.24, 2.45) is 5.92 Å². The number of likely N-dealkylation sites (N-methyl/N-ethyl adjacent to an activating group) is 1. The average molecular weight is 715 g/mol. The molecule has 1 heterocycles. The number of hydrogen-bond acceptors (Lipinski definition) is 8. The van der Waals surface area contributed by atoms with Gasteiger partial charge in [-0.15, -0.1) is 0 Å². The molecule has 4 atom stereocenters. The number of methoxy groups -OCH3 is 1. The Labute approximate surface area is 293 Å². The van der Waals surface area contributed by atoms with Crippen LogP contribution in [-0.2, 0) is 14.8 Å². The molecule has 50 heavy (non-hydrogen) atoms. The number of rotatable bonds is 9. The lowest BCUT2D eigenvalue weighted by molar-refractivity contribution is -0.0115. The number of urea groups is 1. The van der Waals surface area contributed by atoms with Crippen LogP contribution in [0.5, 0.6) is 11.5 Å². The summed E-state index contributed by atoms with van der Waals surface area (Å²) in [6.07, 6.45) is 1.42. The third kappa shape index (κ3) is 10.3. The first-order chi connectivity index (χ1) is 23.8. The molecule has 3 amide bonds. The SMILES string of the molecule is COc1ccc(S(=O)(=O)Nc2ccc3c(c2)C(=O)N([C@H](C)CO)C[C@H](C)[C@@H](CN(C)C(=O)Nc2ccc(F)cc2)OCCCC[C@@H](C)O3)cc1. The molecule has 3 aromatic rings. The normalized spacial score (nSPS) is 19.7. The third-order valence-corrected chi connectivity index (χ3v) is 9.97. The van der Waals surface area contributed by atoms with Crippen LogP contribution in [0.25, 0.3) is 0 Å². The van der Waals surface area contributed by atoms with Gasteiger partial charge in [-0.3, -0.25) is 9.52 Å². The second-order valence-electron chi connectivity index (χ2n) is 12.6. The lowest BCUT2D eigenvalue weighted by Gasteiger charge is -2.35. The summed E-state index contributed by atoms with van der Waals surface area (Å²) in [5.74, 6) is -0.391. The van der Waals surface area contributed by atoms with Gasteiger partial charge < -0.3 is 34.4 Å². The Morgan fingerprint density at radius 3 is 2.42 bits per heavy atom. The number of fused-ring (bicyclic) bond motifs is 1. The van der Waals surface area contributed by atoms with E-state index in [1.54, 1.807) is 38.2 Å². The van der Waals surface area contributed by atoms with E-state index in [0.29, 0.717) is 30.2 Å². The topological polar surface area (TPSA) is 147 Å². The van der Waals surface area contributed by atoms with Crippen LogP contribution >= 0.6 is 0 Å². The van der Waals surface area contributed by atoms with E-state index in [2.05, 4.69) is 10.0 Å². The van der Waals surface area contributed by atoms with Gasteiger partial charge in [-0.25, -0.2) is 17.6 Å². The minimum absolute atomic E-state index is 0.0151. The van der Waals surface area contributed by atoms with E-state index in [-0.39, 0.29) is 47.9 Å². The molecule has 0 bridgehead atoms. The summed E-state index contributed by atoms with van der Waals surface area (Å²) < 4.78 is 60.1. The average Bonchev–Trinajstić information content (AvgIpc) is 3.10. The monoisotopic (exact) mass is 714 g/mol. The van der Waals surface area contributed by atoms with E-state index in [9.17, 15) is 27.5 Å². The zero-order valence-corrected chi connectivity index (χ0v) is 29.9. The van der Waals surface area contributed by atoms with Gasteiger partial charge in [-0.05, 0) is 99.8 Å². The van der Waals surface area contributed by atoms with Crippen LogP contribution in [0.15, 0.2) is 71.6 Å². The molecule has 0 aromatic heterocycles. The Bertz CT molecular complexity index is 1690. The van der Waals surface area contributed by atoms with E-state index in [4.69, 9.17) is 14.2 Å². The maximum absolute atomic E-state index is 14.4. The maximum Gasteiger partial charge on any atom is 0.321 e. The number of nitrogens with zero attached hydrogens (tertiary/aromatic N) is 2. The molecule has 0 saturated carbocycles. The molecular formula is C36H47FN4O8S. The summed E-state index contributed by atoms with van der Waals surface area (Å²) in [4.78, 5) is 30.4. The summed E-state index contributed by atoms with van der Waals surface area (Å²) in [5.41, 5.74) is 0.729. The Morgan fingerprint density at radius 2 is 1.76 bits per heavy atom. The number of aliphatic hydroxyl groups excluding tert-OH is 1. The molecule has 3 aromatic carbocycles. The van der Waals surface area contributed by atoms with E-state index in [1.807, 2.05) is 13.8 Å². The highest BCUT2D eigenvalue weighted by Gasteiger charge is 2.31. The Balaban J connectivity index is 1.62. The molecule has 1 aliphatic heterocycles. The van der Waals surface area contributed by atoms with Gasteiger partial charge in [0, 0.05) is 44.0 Å².